The number of aryl methyl sites for hydroxylation is 1. The van der Waals surface area contributed by atoms with Gasteiger partial charge in [0.1, 0.15) is 6.04 Å². The molecule has 1 amide bonds. The van der Waals surface area contributed by atoms with E-state index in [0.717, 1.165) is 53.9 Å². The number of aliphatic hydroxyl groups is 1. The van der Waals surface area contributed by atoms with Crippen LogP contribution in [0.4, 0.5) is 5.69 Å². The molecule has 0 saturated carbocycles. The second-order valence-electron chi connectivity index (χ2n) is 14.9. The molecule has 54 heavy (non-hydrogen) atoms. The van der Waals surface area contributed by atoms with Crippen molar-refractivity contribution in [2.24, 2.45) is 0 Å². The second-order valence-corrected chi connectivity index (χ2v) is 16.7. The first-order valence-electron chi connectivity index (χ1n) is 19.2. The van der Waals surface area contributed by atoms with Crippen molar-refractivity contribution in [1.29, 1.82) is 0 Å². The SMILES string of the molecule is Cc1ccc(S(=O)(=O)N[C@H](Cc2ccccc2)C(=O)Nc2ccc([C@@H]3O[C@H](CN4CCC[C@H]4CN4CCCC4)C[C@H](c4ccc(CO)cc4)O3)cc2)cc1. The molecule has 3 saturated heterocycles. The lowest BCUT2D eigenvalue weighted by atomic mass is 9.99. The number of aliphatic hydroxyl groups excluding tert-OH is 1. The number of rotatable bonds is 14. The van der Waals surface area contributed by atoms with Gasteiger partial charge in [0.25, 0.3) is 0 Å². The summed E-state index contributed by atoms with van der Waals surface area (Å²) in [5, 5.41) is 12.6. The highest BCUT2D eigenvalue weighted by Crippen LogP contribution is 2.39. The van der Waals surface area contributed by atoms with Gasteiger partial charge in [0.15, 0.2) is 6.29 Å². The number of nitrogens with zero attached hydrogens (tertiary/aromatic N) is 2. The van der Waals surface area contributed by atoms with E-state index < -0.39 is 28.3 Å². The van der Waals surface area contributed by atoms with Gasteiger partial charge in [0.2, 0.25) is 15.9 Å². The van der Waals surface area contributed by atoms with Crippen LogP contribution in [0.1, 0.15) is 72.3 Å². The number of nitrogens with one attached hydrogen (secondary N) is 2. The maximum Gasteiger partial charge on any atom is 0.242 e. The third kappa shape index (κ3) is 9.83. The highest BCUT2D eigenvalue weighted by molar-refractivity contribution is 7.89. The number of benzene rings is 4. The third-order valence-electron chi connectivity index (χ3n) is 10.9. The molecule has 0 radical (unpaired) electrons. The largest absolute Gasteiger partial charge is 0.392 e. The molecule has 0 bridgehead atoms. The molecular formula is C43H52N4O6S. The van der Waals surface area contributed by atoms with Crippen molar-refractivity contribution < 1.29 is 27.8 Å². The number of ether oxygens (including phenoxy) is 2. The van der Waals surface area contributed by atoms with Crippen LogP contribution in [0.3, 0.4) is 0 Å². The van der Waals surface area contributed by atoms with Crippen LogP contribution in [0.2, 0.25) is 0 Å². The van der Waals surface area contributed by atoms with Gasteiger partial charge < -0.3 is 24.8 Å². The molecular weight excluding hydrogens is 701 g/mol. The van der Waals surface area contributed by atoms with Crippen LogP contribution in [-0.4, -0.2) is 80.1 Å². The number of hydrogen-bond donors (Lipinski definition) is 3. The van der Waals surface area contributed by atoms with Crippen LogP contribution >= 0.6 is 0 Å². The summed E-state index contributed by atoms with van der Waals surface area (Å²) < 4.78 is 42.7. The Bertz CT molecular complexity index is 1920. The molecule has 0 aromatic heterocycles. The van der Waals surface area contributed by atoms with Crippen LogP contribution in [0.15, 0.2) is 108 Å². The highest BCUT2D eigenvalue weighted by atomic mass is 32.2. The Labute approximate surface area is 319 Å². The normalized spacial score (nSPS) is 23.0. The van der Waals surface area contributed by atoms with E-state index in [0.29, 0.717) is 11.7 Å². The van der Waals surface area contributed by atoms with Crippen LogP contribution in [0.5, 0.6) is 0 Å². The number of carbonyl (C=O) groups excluding carboxylic acids is 1. The Morgan fingerprint density at radius 1 is 0.815 bits per heavy atom. The fourth-order valence-electron chi connectivity index (χ4n) is 7.86. The first kappa shape index (κ1) is 38.3. The van der Waals surface area contributed by atoms with E-state index in [1.807, 2.05) is 73.7 Å². The van der Waals surface area contributed by atoms with E-state index in [4.69, 9.17) is 9.47 Å². The predicted molar refractivity (Wildman–Crippen MR) is 209 cm³/mol. The molecule has 4 aromatic carbocycles. The van der Waals surface area contributed by atoms with Crippen LogP contribution < -0.4 is 10.0 Å². The van der Waals surface area contributed by atoms with E-state index in [1.165, 1.54) is 38.8 Å². The van der Waals surface area contributed by atoms with Crippen molar-refractivity contribution in [3.63, 3.8) is 0 Å². The molecule has 7 rings (SSSR count). The number of carbonyl (C=O) groups is 1. The molecule has 3 N–H and O–H groups in total. The molecule has 3 heterocycles. The maximum absolute atomic E-state index is 13.7. The average Bonchev–Trinajstić information content (AvgIpc) is 3.87. The van der Waals surface area contributed by atoms with Gasteiger partial charge in [-0.25, -0.2) is 8.42 Å². The van der Waals surface area contributed by atoms with Gasteiger partial charge in [-0.15, -0.1) is 0 Å². The summed E-state index contributed by atoms with van der Waals surface area (Å²) in [4.78, 5) is 19.1. The van der Waals surface area contributed by atoms with Gasteiger partial charge in [-0.2, -0.15) is 4.72 Å². The van der Waals surface area contributed by atoms with Gasteiger partial charge in [-0.05, 0) is 99.6 Å². The average molecular weight is 753 g/mol. The highest BCUT2D eigenvalue weighted by Gasteiger charge is 2.36. The monoisotopic (exact) mass is 752 g/mol. The zero-order valence-corrected chi connectivity index (χ0v) is 31.8. The zero-order chi connectivity index (χ0) is 37.5. The second kappa shape index (κ2) is 17.7. The molecule has 0 spiro atoms. The molecule has 5 atom stereocenters. The number of likely N-dealkylation sites (tertiary alicyclic amines) is 2. The first-order chi connectivity index (χ1) is 26.2. The summed E-state index contributed by atoms with van der Waals surface area (Å²) in [5.41, 5.74) is 5.02. The zero-order valence-electron chi connectivity index (χ0n) is 31.0. The Morgan fingerprint density at radius 2 is 1.52 bits per heavy atom. The van der Waals surface area contributed by atoms with Crippen molar-refractivity contribution in [2.45, 2.75) is 87.5 Å². The quantitative estimate of drug-likeness (QED) is 0.141. The fourth-order valence-corrected chi connectivity index (χ4v) is 9.06. The maximum atomic E-state index is 13.7. The van der Waals surface area contributed by atoms with E-state index in [1.54, 1.807) is 36.4 Å². The van der Waals surface area contributed by atoms with E-state index >= 15 is 0 Å². The van der Waals surface area contributed by atoms with Gasteiger partial charge >= 0.3 is 0 Å². The molecule has 286 valence electrons. The van der Waals surface area contributed by atoms with Crippen LogP contribution in [0, 0.1) is 6.92 Å². The Kier molecular flexibility index (Phi) is 12.6. The lowest BCUT2D eigenvalue weighted by Gasteiger charge is -2.39. The first-order valence-corrected chi connectivity index (χ1v) is 20.7. The van der Waals surface area contributed by atoms with Gasteiger partial charge in [-0.3, -0.25) is 9.69 Å². The van der Waals surface area contributed by atoms with Crippen molar-refractivity contribution in [2.75, 3.05) is 38.0 Å². The minimum Gasteiger partial charge on any atom is -0.392 e. The molecule has 10 nitrogen and oxygen atoms in total. The minimum absolute atomic E-state index is 0.0119. The van der Waals surface area contributed by atoms with Crippen molar-refractivity contribution in [3.8, 4) is 0 Å². The van der Waals surface area contributed by atoms with E-state index in [2.05, 4.69) is 19.8 Å². The minimum atomic E-state index is -3.97. The molecule has 0 aliphatic carbocycles. The van der Waals surface area contributed by atoms with Crippen molar-refractivity contribution in [3.05, 3.63) is 131 Å². The Morgan fingerprint density at radius 3 is 2.22 bits per heavy atom. The summed E-state index contributed by atoms with van der Waals surface area (Å²) >= 11 is 0. The topological polar surface area (TPSA) is 120 Å². The molecule has 3 aliphatic heterocycles. The molecule has 0 unspecified atom stereocenters. The van der Waals surface area contributed by atoms with Gasteiger partial charge in [0, 0.05) is 36.8 Å². The van der Waals surface area contributed by atoms with Gasteiger partial charge in [0.05, 0.1) is 23.7 Å². The lowest BCUT2D eigenvalue weighted by molar-refractivity contribution is -0.253. The fraction of sp³-hybridized carbons (Fsp3) is 0.419. The molecule has 4 aromatic rings. The van der Waals surface area contributed by atoms with E-state index in [9.17, 15) is 18.3 Å². The number of hydrogen-bond acceptors (Lipinski definition) is 8. The molecule has 3 fully saturated rings. The van der Waals surface area contributed by atoms with Gasteiger partial charge in [-0.1, -0.05) is 84.4 Å². The number of anilines is 1. The Balaban J connectivity index is 1.06. The molecule has 11 heteroatoms. The van der Waals surface area contributed by atoms with E-state index in [-0.39, 0.29) is 30.1 Å². The Hall–Kier alpha value is -3.94. The summed E-state index contributed by atoms with van der Waals surface area (Å²) in [6.45, 7) is 7.28. The van der Waals surface area contributed by atoms with Crippen LogP contribution in [0.25, 0.3) is 0 Å². The van der Waals surface area contributed by atoms with Crippen molar-refractivity contribution in [1.82, 2.24) is 14.5 Å². The third-order valence-corrected chi connectivity index (χ3v) is 12.4. The lowest BCUT2D eigenvalue weighted by Crippen LogP contribution is -2.45. The predicted octanol–water partition coefficient (Wildman–Crippen LogP) is 6.12. The summed E-state index contributed by atoms with van der Waals surface area (Å²) in [6.07, 6.45) is 5.02. The summed E-state index contributed by atoms with van der Waals surface area (Å²) in [6, 6.07) is 30.7. The van der Waals surface area contributed by atoms with Crippen LogP contribution in [-0.2, 0) is 37.3 Å². The smallest absolute Gasteiger partial charge is 0.242 e. The van der Waals surface area contributed by atoms with Crippen molar-refractivity contribution >= 4 is 21.6 Å². The molecule has 3 aliphatic rings. The number of sulfonamides is 1. The number of amides is 1. The summed E-state index contributed by atoms with van der Waals surface area (Å²) in [5.74, 6) is -0.465. The summed E-state index contributed by atoms with van der Waals surface area (Å²) in [7, 11) is -3.97. The standard InChI is InChI=1S/C43H52N4O6S/c1-31-11-21-39(22-12-31)54(50,51)45-40(26-32-8-3-2-4-9-32)42(49)44-36-19-17-35(18-20-36)43-52-38(27-41(53-43)34-15-13-33(30-48)14-16-34)29-47-25-7-10-37(47)28-46-23-5-6-24-46/h2-4,8-9,11-22,37-38,40-41,43,45,48H,5-7,10,23-30H2,1H3,(H,44,49)/t37-,38-,40+,41+,43+/m0/s1.